The zero-order valence-corrected chi connectivity index (χ0v) is 12.3. The van der Waals surface area contributed by atoms with Gasteiger partial charge in [-0.05, 0) is 47.8 Å². The number of hydrogen-bond acceptors (Lipinski definition) is 2. The van der Waals surface area contributed by atoms with Gasteiger partial charge in [-0.25, -0.2) is 9.82 Å². The van der Waals surface area contributed by atoms with Gasteiger partial charge >= 0.3 is 0 Å². The van der Waals surface area contributed by atoms with E-state index in [1.165, 1.54) is 24.1 Å². The van der Waals surface area contributed by atoms with Gasteiger partial charge in [0.05, 0.1) is 11.8 Å². The summed E-state index contributed by atoms with van der Waals surface area (Å²) in [4.78, 5) is 11.8. The Morgan fingerprint density at radius 1 is 1.43 bits per heavy atom. The van der Waals surface area contributed by atoms with Gasteiger partial charge < -0.3 is 0 Å². The van der Waals surface area contributed by atoms with Crippen molar-refractivity contribution in [3.05, 3.63) is 47.3 Å². The molecule has 0 radical (unpaired) electrons. The minimum Gasteiger partial charge on any atom is -0.267 e. The van der Waals surface area contributed by atoms with E-state index in [4.69, 9.17) is 0 Å². The van der Waals surface area contributed by atoms with Gasteiger partial charge in [-0.15, -0.1) is 0 Å². The molecule has 21 heavy (non-hydrogen) atoms. The van der Waals surface area contributed by atoms with Crippen LogP contribution in [-0.4, -0.2) is 12.1 Å². The molecule has 2 atom stereocenters. The summed E-state index contributed by atoms with van der Waals surface area (Å²) in [6, 6.07) is 5.89. The lowest BCUT2D eigenvalue weighted by Crippen LogP contribution is -2.48. The molecule has 1 N–H and O–H groups in total. The average Bonchev–Trinajstić information content (AvgIpc) is 2.47. The smallest absolute Gasteiger partial charge is 0.267 e. The molecule has 3 aliphatic carbocycles. The van der Waals surface area contributed by atoms with E-state index >= 15 is 0 Å². The Labute approximate surface area is 123 Å². The summed E-state index contributed by atoms with van der Waals surface area (Å²) in [7, 11) is 0. The fraction of sp³-hybridized carbons (Fsp3) is 0.412. The van der Waals surface area contributed by atoms with E-state index in [9.17, 15) is 9.18 Å². The van der Waals surface area contributed by atoms with Crippen molar-refractivity contribution >= 4 is 12.1 Å². The third kappa shape index (κ3) is 2.39. The van der Waals surface area contributed by atoms with E-state index in [1.807, 2.05) is 0 Å². The molecule has 0 aromatic heterocycles. The van der Waals surface area contributed by atoms with E-state index in [-0.39, 0.29) is 5.56 Å². The number of amides is 1. The summed E-state index contributed by atoms with van der Waals surface area (Å²) in [5.41, 5.74) is 3.91. The maximum absolute atomic E-state index is 13.5. The molecule has 0 spiro atoms. The van der Waals surface area contributed by atoms with E-state index in [2.05, 4.69) is 30.5 Å². The third-order valence-corrected chi connectivity index (χ3v) is 5.01. The number of nitrogens with zero attached hydrogens (tertiary/aromatic N) is 1. The molecule has 110 valence electrons. The molecule has 0 saturated heterocycles. The fourth-order valence-electron chi connectivity index (χ4n) is 3.42. The normalized spacial score (nSPS) is 26.1. The number of hydrogen-bond donors (Lipinski definition) is 1. The Balaban J connectivity index is 1.65. The Kier molecular flexibility index (Phi) is 3.40. The standard InChI is InChI=1S/C17H19FN2O/c1-17(2)12-8-7-11(14(17)9-12)10-19-20-16(21)13-5-3-4-6-15(13)18/h3-7,10,12,14H,8-9H2,1-2H3,(H,20,21)/t12-,14+/m0/s1. The summed E-state index contributed by atoms with van der Waals surface area (Å²) in [6.45, 7) is 4.56. The van der Waals surface area contributed by atoms with E-state index in [1.54, 1.807) is 18.3 Å². The molecule has 0 unspecified atom stereocenters. The minimum atomic E-state index is -0.537. The minimum absolute atomic E-state index is 0.0105. The Bertz CT molecular complexity index is 633. The van der Waals surface area contributed by atoms with Gasteiger partial charge in [0, 0.05) is 0 Å². The predicted octanol–water partition coefficient (Wildman–Crippen LogP) is 3.53. The van der Waals surface area contributed by atoms with Crippen molar-refractivity contribution in [2.45, 2.75) is 26.7 Å². The van der Waals surface area contributed by atoms with Crippen LogP contribution in [0.4, 0.5) is 4.39 Å². The van der Waals surface area contributed by atoms with Gasteiger partial charge in [-0.1, -0.05) is 32.1 Å². The van der Waals surface area contributed by atoms with E-state index < -0.39 is 11.7 Å². The maximum Gasteiger partial charge on any atom is 0.274 e. The zero-order valence-electron chi connectivity index (χ0n) is 12.3. The largest absolute Gasteiger partial charge is 0.274 e. The first-order valence-corrected chi connectivity index (χ1v) is 7.28. The fourth-order valence-corrected chi connectivity index (χ4v) is 3.42. The highest BCUT2D eigenvalue weighted by Gasteiger charge is 2.50. The lowest BCUT2D eigenvalue weighted by atomic mass is 9.49. The number of hydrazone groups is 1. The van der Waals surface area contributed by atoms with Crippen LogP contribution in [0.5, 0.6) is 0 Å². The lowest BCUT2D eigenvalue weighted by molar-refractivity contribution is -0.00126. The molecule has 4 heteroatoms. The number of nitrogens with one attached hydrogen (secondary N) is 1. The quantitative estimate of drug-likeness (QED) is 0.670. The Morgan fingerprint density at radius 3 is 2.86 bits per heavy atom. The van der Waals surface area contributed by atoms with Crippen molar-refractivity contribution in [3.8, 4) is 0 Å². The van der Waals surface area contributed by atoms with Crippen LogP contribution in [0, 0.1) is 23.1 Å². The van der Waals surface area contributed by atoms with Gasteiger partial charge in [-0.3, -0.25) is 4.79 Å². The molecule has 1 fully saturated rings. The number of rotatable bonds is 3. The van der Waals surface area contributed by atoms with Gasteiger partial charge in [0.2, 0.25) is 0 Å². The van der Waals surface area contributed by atoms with Crippen LogP contribution in [0.1, 0.15) is 37.0 Å². The van der Waals surface area contributed by atoms with Gasteiger partial charge in [-0.2, -0.15) is 5.10 Å². The van der Waals surface area contributed by atoms with E-state index in [0.29, 0.717) is 11.3 Å². The molecular formula is C17H19FN2O. The molecule has 1 aromatic carbocycles. The summed E-state index contributed by atoms with van der Waals surface area (Å²) < 4.78 is 13.5. The van der Waals surface area contributed by atoms with Crippen molar-refractivity contribution in [1.82, 2.24) is 5.43 Å². The molecule has 3 aliphatic rings. The summed E-state index contributed by atoms with van der Waals surface area (Å²) in [5.74, 6) is 0.231. The van der Waals surface area contributed by atoms with Crippen molar-refractivity contribution in [2.75, 3.05) is 0 Å². The van der Waals surface area contributed by atoms with Crippen molar-refractivity contribution in [2.24, 2.45) is 22.4 Å². The molecule has 3 nitrogen and oxygen atoms in total. The lowest BCUT2D eigenvalue weighted by Gasteiger charge is -2.55. The number of carbonyl (C=O) groups excluding carboxylic acids is 1. The molecule has 2 bridgehead atoms. The number of fused-ring (bicyclic) bond motifs is 1. The summed E-state index contributed by atoms with van der Waals surface area (Å²) >= 11 is 0. The Morgan fingerprint density at radius 2 is 2.19 bits per heavy atom. The number of carbonyl (C=O) groups is 1. The number of allylic oxidation sites excluding steroid dienone is 2. The van der Waals surface area contributed by atoms with Gasteiger partial charge in [0.25, 0.3) is 5.91 Å². The van der Waals surface area contributed by atoms with Crippen LogP contribution < -0.4 is 5.43 Å². The average molecular weight is 286 g/mol. The first-order chi connectivity index (χ1) is 10.00. The SMILES string of the molecule is CC1(C)[C@H]2CC=C(C=NNC(=O)c3ccccc3F)[C@H]1C2. The van der Waals surface area contributed by atoms with Crippen molar-refractivity contribution in [3.63, 3.8) is 0 Å². The first-order valence-electron chi connectivity index (χ1n) is 7.28. The monoisotopic (exact) mass is 286 g/mol. The molecule has 1 aromatic rings. The highest BCUT2D eigenvalue weighted by molar-refractivity contribution is 5.95. The highest BCUT2D eigenvalue weighted by Crippen LogP contribution is 2.58. The van der Waals surface area contributed by atoms with Crippen LogP contribution in [0.2, 0.25) is 0 Å². The van der Waals surface area contributed by atoms with Gasteiger partial charge in [0.15, 0.2) is 0 Å². The summed E-state index contributed by atoms with van der Waals surface area (Å²) in [5, 5.41) is 3.99. The van der Waals surface area contributed by atoms with Gasteiger partial charge in [0.1, 0.15) is 5.82 Å². The van der Waals surface area contributed by atoms with Crippen LogP contribution >= 0.6 is 0 Å². The summed E-state index contributed by atoms with van der Waals surface area (Å²) in [6.07, 6.45) is 6.18. The maximum atomic E-state index is 13.5. The predicted molar refractivity (Wildman–Crippen MR) is 80.4 cm³/mol. The van der Waals surface area contributed by atoms with Crippen LogP contribution in [0.15, 0.2) is 41.0 Å². The van der Waals surface area contributed by atoms with Crippen molar-refractivity contribution < 1.29 is 9.18 Å². The highest BCUT2D eigenvalue weighted by atomic mass is 19.1. The van der Waals surface area contributed by atoms with Crippen LogP contribution in [0.3, 0.4) is 0 Å². The zero-order chi connectivity index (χ0) is 15.0. The molecule has 0 heterocycles. The second kappa shape index (κ2) is 5.10. The van der Waals surface area contributed by atoms with E-state index in [0.717, 1.165) is 12.3 Å². The Hall–Kier alpha value is -1.97. The molecule has 1 amide bonds. The van der Waals surface area contributed by atoms with Crippen molar-refractivity contribution in [1.29, 1.82) is 0 Å². The third-order valence-electron chi connectivity index (χ3n) is 5.01. The topological polar surface area (TPSA) is 41.5 Å². The second-order valence-corrected chi connectivity index (χ2v) is 6.43. The first kappa shape index (κ1) is 14.0. The molecule has 4 rings (SSSR count). The van der Waals surface area contributed by atoms with Crippen LogP contribution in [-0.2, 0) is 0 Å². The van der Waals surface area contributed by atoms with Crippen LogP contribution in [0.25, 0.3) is 0 Å². The second-order valence-electron chi connectivity index (χ2n) is 6.43. The number of halogens is 1. The molecule has 1 saturated carbocycles. The molecular weight excluding hydrogens is 267 g/mol. The number of benzene rings is 1. The molecule has 0 aliphatic heterocycles.